The van der Waals surface area contributed by atoms with Gasteiger partial charge in [-0.25, -0.2) is 9.38 Å². The van der Waals surface area contributed by atoms with Gasteiger partial charge in [0.05, 0.1) is 5.57 Å². The van der Waals surface area contributed by atoms with Crippen molar-refractivity contribution in [3.8, 4) is 12.3 Å². The number of allylic oxidation sites excluding steroid dienone is 5. The summed E-state index contributed by atoms with van der Waals surface area (Å²) in [5.41, 5.74) is 1.04. The summed E-state index contributed by atoms with van der Waals surface area (Å²) >= 11 is 5.94. The molecule has 0 aromatic heterocycles. The molecular weight excluding hydrogens is 225 g/mol. The van der Waals surface area contributed by atoms with Crippen molar-refractivity contribution in [3.05, 3.63) is 34.3 Å². The summed E-state index contributed by atoms with van der Waals surface area (Å²) in [6.07, 6.45) is 10.6. The Hall–Kier alpha value is -1.33. The summed E-state index contributed by atoms with van der Waals surface area (Å²) in [6.45, 7) is 3.82. The minimum absolute atomic E-state index is 0.143. The molecule has 1 atom stereocenters. The smallest absolute Gasteiger partial charge is 0.142 e. The SMILES string of the molecule is C#C/C=C(F)\C1=C(/Cl)N=CC(C)CC=C1C. The van der Waals surface area contributed by atoms with E-state index in [0.29, 0.717) is 5.92 Å². The van der Waals surface area contributed by atoms with Crippen LogP contribution in [0.5, 0.6) is 0 Å². The van der Waals surface area contributed by atoms with Crippen LogP contribution in [-0.4, -0.2) is 6.21 Å². The fourth-order valence-electron chi connectivity index (χ4n) is 1.38. The standard InChI is InChI=1S/C13H13ClFN/c1-4-5-11(15)12-10(3)7-6-9(2)8-16-13(12)14/h1,5,7-9H,6H2,2-3H3/b10-7?,11-5+,13-12+,16-8?. The van der Waals surface area contributed by atoms with E-state index in [0.717, 1.165) is 18.1 Å². The van der Waals surface area contributed by atoms with Gasteiger partial charge in [0.1, 0.15) is 11.0 Å². The highest BCUT2D eigenvalue weighted by molar-refractivity contribution is 6.30. The maximum atomic E-state index is 13.7. The topological polar surface area (TPSA) is 12.4 Å². The Morgan fingerprint density at radius 1 is 1.75 bits per heavy atom. The van der Waals surface area contributed by atoms with E-state index in [-0.39, 0.29) is 10.7 Å². The van der Waals surface area contributed by atoms with Crippen LogP contribution in [-0.2, 0) is 0 Å². The van der Waals surface area contributed by atoms with Crippen molar-refractivity contribution in [1.29, 1.82) is 0 Å². The van der Waals surface area contributed by atoms with Gasteiger partial charge in [-0.05, 0) is 24.8 Å². The van der Waals surface area contributed by atoms with Crippen LogP contribution >= 0.6 is 11.6 Å². The van der Waals surface area contributed by atoms with Gasteiger partial charge in [0.2, 0.25) is 0 Å². The van der Waals surface area contributed by atoms with E-state index < -0.39 is 5.83 Å². The monoisotopic (exact) mass is 237 g/mol. The van der Waals surface area contributed by atoms with Crippen molar-refractivity contribution in [2.45, 2.75) is 20.3 Å². The number of hydrogen-bond donors (Lipinski definition) is 0. The summed E-state index contributed by atoms with van der Waals surface area (Å²) in [5, 5.41) is 0.143. The van der Waals surface area contributed by atoms with Crippen LogP contribution in [0.1, 0.15) is 20.3 Å². The van der Waals surface area contributed by atoms with Gasteiger partial charge in [-0.1, -0.05) is 30.5 Å². The maximum absolute atomic E-state index is 13.7. The molecule has 0 aromatic carbocycles. The quantitative estimate of drug-likeness (QED) is 0.483. The fraction of sp³-hybridized carbons (Fsp3) is 0.308. The van der Waals surface area contributed by atoms with Crippen molar-refractivity contribution in [1.82, 2.24) is 0 Å². The molecule has 0 radical (unpaired) electrons. The first kappa shape index (κ1) is 12.7. The average molecular weight is 238 g/mol. The third-order valence-corrected chi connectivity index (χ3v) is 2.57. The number of terminal acetylenes is 1. The Bertz CT molecular complexity index is 435. The van der Waals surface area contributed by atoms with Crippen LogP contribution in [0.3, 0.4) is 0 Å². The maximum Gasteiger partial charge on any atom is 0.142 e. The number of rotatable bonds is 1. The van der Waals surface area contributed by atoms with Gasteiger partial charge in [0.15, 0.2) is 0 Å². The largest absolute Gasteiger partial charge is 0.248 e. The number of hydrogen-bond acceptors (Lipinski definition) is 1. The van der Waals surface area contributed by atoms with Gasteiger partial charge >= 0.3 is 0 Å². The average Bonchev–Trinajstić information content (AvgIpc) is 2.22. The highest BCUT2D eigenvalue weighted by Gasteiger charge is 2.14. The number of aliphatic imine (C=N–C) groups is 1. The van der Waals surface area contributed by atoms with Gasteiger partial charge in [-0.15, -0.1) is 6.42 Å². The second kappa shape index (κ2) is 5.67. The molecule has 1 rings (SSSR count). The van der Waals surface area contributed by atoms with Gasteiger partial charge in [0.25, 0.3) is 0 Å². The lowest BCUT2D eigenvalue weighted by Gasteiger charge is -2.11. The van der Waals surface area contributed by atoms with Gasteiger partial charge < -0.3 is 0 Å². The summed E-state index contributed by atoms with van der Waals surface area (Å²) in [6, 6.07) is 0. The Balaban J connectivity index is 3.26. The van der Waals surface area contributed by atoms with Crippen molar-refractivity contribution in [2.75, 3.05) is 0 Å². The lowest BCUT2D eigenvalue weighted by atomic mass is 10.0. The van der Waals surface area contributed by atoms with E-state index in [2.05, 4.69) is 10.9 Å². The lowest BCUT2D eigenvalue weighted by Crippen LogP contribution is -2.00. The zero-order valence-corrected chi connectivity index (χ0v) is 10.1. The van der Waals surface area contributed by atoms with Crippen molar-refractivity contribution < 1.29 is 4.39 Å². The molecule has 1 unspecified atom stereocenters. The van der Waals surface area contributed by atoms with E-state index in [4.69, 9.17) is 18.0 Å². The molecule has 0 fully saturated rings. The third kappa shape index (κ3) is 3.08. The predicted octanol–water partition coefficient (Wildman–Crippen LogP) is 3.98. The molecule has 0 amide bonds. The van der Waals surface area contributed by atoms with Crippen LogP contribution in [0.4, 0.5) is 4.39 Å². The van der Waals surface area contributed by atoms with Crippen LogP contribution in [0.25, 0.3) is 0 Å². The first-order chi connectivity index (χ1) is 7.56. The van der Waals surface area contributed by atoms with E-state index >= 15 is 0 Å². The first-order valence-electron chi connectivity index (χ1n) is 4.99. The van der Waals surface area contributed by atoms with E-state index in [1.807, 2.05) is 13.0 Å². The molecule has 0 spiro atoms. The first-order valence-corrected chi connectivity index (χ1v) is 5.37. The van der Waals surface area contributed by atoms with Crippen LogP contribution in [0.15, 0.2) is 39.3 Å². The second-order valence-corrected chi connectivity index (χ2v) is 4.06. The van der Waals surface area contributed by atoms with Crippen molar-refractivity contribution in [2.24, 2.45) is 10.9 Å². The molecule has 0 bridgehead atoms. The minimum atomic E-state index is -0.520. The second-order valence-electron chi connectivity index (χ2n) is 3.70. The summed E-state index contributed by atoms with van der Waals surface area (Å²) in [4.78, 5) is 4.03. The molecular formula is C13H13ClFN. The van der Waals surface area contributed by atoms with Crippen molar-refractivity contribution in [3.63, 3.8) is 0 Å². The van der Waals surface area contributed by atoms with Gasteiger partial charge in [0, 0.05) is 12.3 Å². The van der Waals surface area contributed by atoms with Gasteiger partial charge in [-0.2, -0.15) is 0 Å². The normalized spacial score (nSPS) is 26.8. The molecule has 0 saturated heterocycles. The molecule has 1 aliphatic rings. The Morgan fingerprint density at radius 2 is 2.44 bits per heavy atom. The molecule has 0 aliphatic carbocycles. The highest BCUT2D eigenvalue weighted by Crippen LogP contribution is 2.29. The zero-order valence-electron chi connectivity index (χ0n) is 9.30. The molecule has 84 valence electrons. The number of halogens is 2. The third-order valence-electron chi connectivity index (χ3n) is 2.29. The summed E-state index contributed by atoms with van der Waals surface area (Å²) in [5.74, 6) is 1.92. The van der Waals surface area contributed by atoms with E-state index in [1.165, 1.54) is 0 Å². The molecule has 1 nitrogen and oxygen atoms in total. The van der Waals surface area contributed by atoms with Crippen LogP contribution < -0.4 is 0 Å². The fourth-order valence-corrected chi connectivity index (χ4v) is 1.67. The molecule has 1 aliphatic heterocycles. The Morgan fingerprint density at radius 3 is 3.06 bits per heavy atom. The zero-order chi connectivity index (χ0) is 12.1. The highest BCUT2D eigenvalue weighted by atomic mass is 35.5. The lowest BCUT2D eigenvalue weighted by molar-refractivity contribution is 0.652. The molecule has 3 heteroatoms. The minimum Gasteiger partial charge on any atom is -0.248 e. The molecule has 0 saturated carbocycles. The Labute approximate surface area is 100 Å². The summed E-state index contributed by atoms with van der Waals surface area (Å²) < 4.78 is 13.7. The van der Waals surface area contributed by atoms with Crippen LogP contribution in [0, 0.1) is 18.3 Å². The van der Waals surface area contributed by atoms with Crippen molar-refractivity contribution >= 4 is 17.8 Å². The molecule has 0 N–H and O–H groups in total. The van der Waals surface area contributed by atoms with Crippen LogP contribution in [0.2, 0.25) is 0 Å². The predicted molar refractivity (Wildman–Crippen MR) is 66.9 cm³/mol. The molecule has 1 heterocycles. The summed E-state index contributed by atoms with van der Waals surface area (Å²) in [7, 11) is 0. The van der Waals surface area contributed by atoms with Gasteiger partial charge in [-0.3, -0.25) is 0 Å². The molecule has 16 heavy (non-hydrogen) atoms. The van der Waals surface area contributed by atoms with E-state index in [1.54, 1.807) is 13.1 Å². The number of nitrogens with zero attached hydrogens (tertiary/aromatic N) is 1. The molecule has 0 aromatic rings. The van der Waals surface area contributed by atoms with E-state index in [9.17, 15) is 4.39 Å². The Kier molecular flexibility index (Phi) is 4.52.